The summed E-state index contributed by atoms with van der Waals surface area (Å²) in [5, 5.41) is 6.18. The number of aromatic amines is 1. The van der Waals surface area contributed by atoms with Crippen LogP contribution in [0.3, 0.4) is 0 Å². The van der Waals surface area contributed by atoms with Crippen LogP contribution >= 0.6 is 0 Å². The number of nitrogens with zero attached hydrogens (tertiary/aromatic N) is 3. The molecule has 6 nitrogen and oxygen atoms in total. The smallest absolute Gasteiger partial charge is 0.343 e. The molecule has 1 aliphatic rings. The van der Waals surface area contributed by atoms with E-state index in [0.717, 1.165) is 38.8 Å². The highest BCUT2D eigenvalue weighted by atomic mass is 16.2. The molecular weight excluding hydrogens is 268 g/mol. The van der Waals surface area contributed by atoms with Crippen molar-refractivity contribution in [3.05, 3.63) is 16.8 Å². The van der Waals surface area contributed by atoms with Gasteiger partial charge in [0.2, 0.25) is 5.91 Å². The molecule has 1 fully saturated rings. The molecule has 1 saturated heterocycles. The lowest BCUT2D eigenvalue weighted by Gasteiger charge is -2.32. The maximum atomic E-state index is 12.1. The fraction of sp³-hybridized carbons (Fsp3) is 0.800. The molecule has 0 atom stereocenters. The number of piperidine rings is 1. The van der Waals surface area contributed by atoms with E-state index < -0.39 is 0 Å². The number of hydrogen-bond donors (Lipinski definition) is 1. The van der Waals surface area contributed by atoms with Crippen molar-refractivity contribution < 1.29 is 4.79 Å². The van der Waals surface area contributed by atoms with Gasteiger partial charge in [0.15, 0.2) is 0 Å². The number of hydrogen-bond acceptors (Lipinski definition) is 3. The summed E-state index contributed by atoms with van der Waals surface area (Å²) in [6, 6.07) is 0.171. The topological polar surface area (TPSA) is 71.0 Å². The molecule has 1 aromatic rings. The lowest BCUT2D eigenvalue weighted by atomic mass is 10.0. The molecule has 1 N–H and O–H groups in total. The fourth-order valence-corrected chi connectivity index (χ4v) is 2.95. The first-order chi connectivity index (χ1) is 10.2. The average molecular weight is 294 g/mol. The Morgan fingerprint density at radius 3 is 2.62 bits per heavy atom. The molecule has 21 heavy (non-hydrogen) atoms. The summed E-state index contributed by atoms with van der Waals surface area (Å²) in [4.78, 5) is 25.6. The molecule has 6 heteroatoms. The van der Waals surface area contributed by atoms with Crippen molar-refractivity contribution in [3.8, 4) is 0 Å². The van der Waals surface area contributed by atoms with Crippen LogP contribution in [0.15, 0.2) is 11.1 Å². The molecule has 2 rings (SSSR count). The van der Waals surface area contributed by atoms with Gasteiger partial charge in [-0.1, -0.05) is 32.6 Å². The van der Waals surface area contributed by atoms with Crippen molar-refractivity contribution in [3.63, 3.8) is 0 Å². The van der Waals surface area contributed by atoms with Crippen molar-refractivity contribution in [2.45, 2.75) is 64.3 Å². The average Bonchev–Trinajstić information content (AvgIpc) is 2.93. The van der Waals surface area contributed by atoms with E-state index in [1.807, 2.05) is 4.90 Å². The SMILES string of the molecule is CCCCCCCC(=O)N1CCC(n2cn[nH]c2=O)CC1. The zero-order valence-corrected chi connectivity index (χ0v) is 12.9. The largest absolute Gasteiger partial charge is 0.343 e. The molecule has 0 radical (unpaired) electrons. The summed E-state index contributed by atoms with van der Waals surface area (Å²) in [6.07, 6.45) is 9.77. The molecular formula is C15H26N4O2. The lowest BCUT2D eigenvalue weighted by molar-refractivity contribution is -0.132. The summed E-state index contributed by atoms with van der Waals surface area (Å²) >= 11 is 0. The van der Waals surface area contributed by atoms with E-state index in [-0.39, 0.29) is 17.6 Å². The normalized spacial score (nSPS) is 16.3. The number of rotatable bonds is 7. The van der Waals surface area contributed by atoms with Gasteiger partial charge in [-0.25, -0.2) is 9.89 Å². The summed E-state index contributed by atoms with van der Waals surface area (Å²) < 4.78 is 1.65. The molecule has 0 aliphatic carbocycles. The number of aromatic nitrogens is 3. The molecule has 1 aromatic heterocycles. The molecule has 118 valence electrons. The molecule has 0 aromatic carbocycles. The Kier molecular flexibility index (Phi) is 6.02. The zero-order chi connectivity index (χ0) is 15.1. The minimum absolute atomic E-state index is 0.157. The van der Waals surface area contributed by atoms with Crippen LogP contribution in [0.2, 0.25) is 0 Å². The first kappa shape index (κ1) is 15.8. The van der Waals surface area contributed by atoms with Gasteiger partial charge in [-0.3, -0.25) is 9.36 Å². The third kappa shape index (κ3) is 4.44. The van der Waals surface area contributed by atoms with Crippen molar-refractivity contribution in [2.75, 3.05) is 13.1 Å². The Hall–Kier alpha value is -1.59. The van der Waals surface area contributed by atoms with Crippen LogP contribution in [0, 0.1) is 0 Å². The Morgan fingerprint density at radius 2 is 2.00 bits per heavy atom. The maximum Gasteiger partial charge on any atom is 0.343 e. The van der Waals surface area contributed by atoms with Gasteiger partial charge in [0.05, 0.1) is 0 Å². The first-order valence-electron chi connectivity index (χ1n) is 8.11. The first-order valence-corrected chi connectivity index (χ1v) is 8.11. The second-order valence-corrected chi connectivity index (χ2v) is 5.84. The summed E-state index contributed by atoms with van der Waals surface area (Å²) in [6.45, 7) is 3.69. The zero-order valence-electron chi connectivity index (χ0n) is 12.9. The van der Waals surface area contributed by atoms with Crippen LogP contribution < -0.4 is 5.69 Å². The molecule has 0 saturated carbocycles. The third-order valence-corrected chi connectivity index (χ3v) is 4.28. The monoisotopic (exact) mass is 294 g/mol. The van der Waals surface area contributed by atoms with Crippen LogP contribution in [0.4, 0.5) is 0 Å². The predicted molar refractivity (Wildman–Crippen MR) is 81.1 cm³/mol. The Balaban J connectivity index is 1.70. The van der Waals surface area contributed by atoms with Gasteiger partial charge in [0, 0.05) is 25.6 Å². The predicted octanol–water partition coefficient (Wildman–Crippen LogP) is 2.10. The van der Waals surface area contributed by atoms with E-state index >= 15 is 0 Å². The van der Waals surface area contributed by atoms with Gasteiger partial charge in [0.1, 0.15) is 6.33 Å². The van der Waals surface area contributed by atoms with E-state index in [4.69, 9.17) is 0 Å². The summed E-state index contributed by atoms with van der Waals surface area (Å²) in [5.74, 6) is 0.268. The van der Waals surface area contributed by atoms with Gasteiger partial charge in [-0.2, -0.15) is 5.10 Å². The van der Waals surface area contributed by atoms with Crippen molar-refractivity contribution >= 4 is 5.91 Å². The van der Waals surface area contributed by atoms with Crippen molar-refractivity contribution in [1.82, 2.24) is 19.7 Å². The molecule has 1 aliphatic heterocycles. The van der Waals surface area contributed by atoms with Gasteiger partial charge in [-0.05, 0) is 19.3 Å². The van der Waals surface area contributed by atoms with E-state index in [1.165, 1.54) is 19.3 Å². The lowest BCUT2D eigenvalue weighted by Crippen LogP contribution is -2.40. The molecule has 1 amide bonds. The van der Waals surface area contributed by atoms with Crippen molar-refractivity contribution in [2.24, 2.45) is 0 Å². The quantitative estimate of drug-likeness (QED) is 0.783. The number of carbonyl (C=O) groups excluding carboxylic acids is 1. The standard InChI is InChI=1S/C15H26N4O2/c1-2-3-4-5-6-7-14(20)18-10-8-13(9-11-18)19-12-16-17-15(19)21/h12-13H,2-11H2,1H3,(H,17,21). The fourth-order valence-electron chi connectivity index (χ4n) is 2.95. The number of carbonyl (C=O) groups is 1. The summed E-state index contributed by atoms with van der Waals surface area (Å²) in [7, 11) is 0. The van der Waals surface area contributed by atoms with Gasteiger partial charge in [-0.15, -0.1) is 0 Å². The molecule has 0 bridgehead atoms. The highest BCUT2D eigenvalue weighted by molar-refractivity contribution is 5.76. The van der Waals surface area contributed by atoms with Crippen LogP contribution in [0.25, 0.3) is 0 Å². The maximum absolute atomic E-state index is 12.1. The number of unbranched alkanes of at least 4 members (excludes halogenated alkanes) is 4. The Morgan fingerprint density at radius 1 is 1.29 bits per heavy atom. The minimum atomic E-state index is -0.157. The van der Waals surface area contributed by atoms with Crippen molar-refractivity contribution in [1.29, 1.82) is 0 Å². The van der Waals surface area contributed by atoms with Crippen LogP contribution in [-0.2, 0) is 4.79 Å². The van der Waals surface area contributed by atoms with E-state index in [1.54, 1.807) is 10.9 Å². The number of nitrogens with one attached hydrogen (secondary N) is 1. The van der Waals surface area contributed by atoms with E-state index in [9.17, 15) is 9.59 Å². The highest BCUT2D eigenvalue weighted by Crippen LogP contribution is 2.21. The second kappa shape index (κ2) is 8.00. The number of likely N-dealkylation sites (tertiary alicyclic amines) is 1. The van der Waals surface area contributed by atoms with Gasteiger partial charge < -0.3 is 4.90 Å². The van der Waals surface area contributed by atoms with Gasteiger partial charge >= 0.3 is 5.69 Å². The van der Waals surface area contributed by atoms with Crippen LogP contribution in [0.5, 0.6) is 0 Å². The number of amides is 1. The van der Waals surface area contributed by atoms with E-state index in [2.05, 4.69) is 17.1 Å². The highest BCUT2D eigenvalue weighted by Gasteiger charge is 2.24. The Bertz CT molecular complexity index is 486. The summed E-state index contributed by atoms with van der Waals surface area (Å²) in [5.41, 5.74) is -0.157. The molecule has 0 unspecified atom stereocenters. The van der Waals surface area contributed by atoms with Crippen LogP contribution in [-0.4, -0.2) is 38.7 Å². The van der Waals surface area contributed by atoms with E-state index in [0.29, 0.717) is 6.42 Å². The minimum Gasteiger partial charge on any atom is -0.343 e. The molecule has 2 heterocycles. The third-order valence-electron chi connectivity index (χ3n) is 4.28. The molecule has 0 spiro atoms. The van der Waals surface area contributed by atoms with Crippen LogP contribution in [0.1, 0.15) is 64.3 Å². The Labute approximate surface area is 125 Å². The van der Waals surface area contributed by atoms with Gasteiger partial charge in [0.25, 0.3) is 0 Å². The number of H-pyrrole nitrogens is 1. The second-order valence-electron chi connectivity index (χ2n) is 5.84.